The van der Waals surface area contributed by atoms with Crippen LogP contribution in [0.5, 0.6) is 0 Å². The molecular formula is C14H28N2. The first-order chi connectivity index (χ1) is 7.72. The second-order valence-electron chi connectivity index (χ2n) is 5.80. The van der Waals surface area contributed by atoms with Gasteiger partial charge in [0.15, 0.2) is 0 Å². The van der Waals surface area contributed by atoms with Crippen LogP contribution >= 0.6 is 0 Å². The van der Waals surface area contributed by atoms with Crippen molar-refractivity contribution in [2.75, 3.05) is 13.1 Å². The van der Waals surface area contributed by atoms with Crippen LogP contribution in [0.1, 0.15) is 59.3 Å². The van der Waals surface area contributed by atoms with Crippen LogP contribution in [0.15, 0.2) is 0 Å². The van der Waals surface area contributed by atoms with Gasteiger partial charge >= 0.3 is 0 Å². The van der Waals surface area contributed by atoms with E-state index in [2.05, 4.69) is 31.0 Å². The van der Waals surface area contributed by atoms with Gasteiger partial charge in [-0.15, -0.1) is 0 Å². The highest BCUT2D eigenvalue weighted by atomic mass is 15.3. The Balaban J connectivity index is 2.13. The topological polar surface area (TPSA) is 15.3 Å². The summed E-state index contributed by atoms with van der Waals surface area (Å²) in [6, 6.07) is 1.55. The first kappa shape index (κ1) is 12.4. The lowest BCUT2D eigenvalue weighted by molar-refractivity contribution is -0.0000607. The van der Waals surface area contributed by atoms with Crippen LogP contribution in [0.3, 0.4) is 0 Å². The molecule has 1 aliphatic carbocycles. The zero-order chi connectivity index (χ0) is 11.6. The Morgan fingerprint density at radius 1 is 1.19 bits per heavy atom. The predicted molar refractivity (Wildman–Crippen MR) is 69.7 cm³/mol. The second kappa shape index (κ2) is 5.05. The van der Waals surface area contributed by atoms with Crippen molar-refractivity contribution in [3.8, 4) is 0 Å². The van der Waals surface area contributed by atoms with Crippen molar-refractivity contribution >= 4 is 0 Å². The lowest BCUT2D eigenvalue weighted by Gasteiger charge is -2.52. The molecule has 0 spiro atoms. The molecule has 1 saturated carbocycles. The van der Waals surface area contributed by atoms with Crippen molar-refractivity contribution in [1.82, 2.24) is 10.2 Å². The minimum atomic E-state index is 0.446. The minimum Gasteiger partial charge on any atom is -0.311 e. The highest BCUT2D eigenvalue weighted by Gasteiger charge is 2.41. The van der Waals surface area contributed by atoms with Crippen molar-refractivity contribution in [2.45, 2.75) is 76.9 Å². The lowest BCUT2D eigenvalue weighted by atomic mass is 9.85. The second-order valence-corrected chi connectivity index (χ2v) is 5.80. The molecular weight excluding hydrogens is 196 g/mol. The zero-order valence-electron chi connectivity index (χ0n) is 11.3. The third-order valence-corrected chi connectivity index (χ3v) is 4.94. The first-order valence-corrected chi connectivity index (χ1v) is 7.22. The van der Waals surface area contributed by atoms with Gasteiger partial charge in [0.1, 0.15) is 0 Å². The molecule has 0 aromatic heterocycles. The molecule has 1 heterocycles. The quantitative estimate of drug-likeness (QED) is 0.793. The van der Waals surface area contributed by atoms with E-state index in [-0.39, 0.29) is 0 Å². The summed E-state index contributed by atoms with van der Waals surface area (Å²) in [4.78, 5) is 2.86. The number of hydrogen-bond donors (Lipinski definition) is 1. The average molecular weight is 224 g/mol. The zero-order valence-corrected chi connectivity index (χ0v) is 11.3. The normalized spacial score (nSPS) is 32.1. The molecule has 2 nitrogen and oxygen atoms in total. The van der Waals surface area contributed by atoms with Gasteiger partial charge in [-0.2, -0.15) is 0 Å². The Kier molecular flexibility index (Phi) is 3.91. The maximum absolute atomic E-state index is 3.69. The summed E-state index contributed by atoms with van der Waals surface area (Å²) < 4.78 is 0. The van der Waals surface area contributed by atoms with Crippen molar-refractivity contribution < 1.29 is 0 Å². The highest BCUT2D eigenvalue weighted by Crippen LogP contribution is 2.34. The van der Waals surface area contributed by atoms with E-state index in [1.54, 1.807) is 0 Å². The first-order valence-electron chi connectivity index (χ1n) is 7.22. The van der Waals surface area contributed by atoms with Gasteiger partial charge in [-0.3, -0.25) is 4.90 Å². The monoisotopic (exact) mass is 224 g/mol. The summed E-state index contributed by atoms with van der Waals surface area (Å²) in [6.45, 7) is 9.51. The van der Waals surface area contributed by atoms with Crippen LogP contribution in [0.2, 0.25) is 0 Å². The van der Waals surface area contributed by atoms with Crippen LogP contribution in [-0.2, 0) is 0 Å². The molecule has 94 valence electrons. The fourth-order valence-corrected chi connectivity index (χ4v) is 3.68. The third kappa shape index (κ3) is 2.14. The number of nitrogens with one attached hydrogen (secondary N) is 1. The average Bonchev–Trinajstić information content (AvgIpc) is 2.83. The summed E-state index contributed by atoms with van der Waals surface area (Å²) in [7, 11) is 0. The number of nitrogens with zero attached hydrogens (tertiary/aromatic N) is 1. The predicted octanol–water partition coefficient (Wildman–Crippen LogP) is 2.78. The van der Waals surface area contributed by atoms with E-state index in [4.69, 9.17) is 0 Å². The van der Waals surface area contributed by atoms with E-state index in [0.717, 1.165) is 6.04 Å². The van der Waals surface area contributed by atoms with Gasteiger partial charge in [0.2, 0.25) is 0 Å². The van der Waals surface area contributed by atoms with Crippen LogP contribution in [0.25, 0.3) is 0 Å². The van der Waals surface area contributed by atoms with Gasteiger partial charge in [0, 0.05) is 30.7 Å². The highest BCUT2D eigenvalue weighted by molar-refractivity contribution is 5.00. The summed E-state index contributed by atoms with van der Waals surface area (Å²) in [5.74, 6) is 0. The maximum atomic E-state index is 3.69. The van der Waals surface area contributed by atoms with Gasteiger partial charge in [0.05, 0.1) is 0 Å². The Morgan fingerprint density at radius 2 is 1.81 bits per heavy atom. The summed E-state index contributed by atoms with van der Waals surface area (Å²) in [5.41, 5.74) is 0.446. The van der Waals surface area contributed by atoms with Gasteiger partial charge in [-0.1, -0.05) is 26.7 Å². The Bertz CT molecular complexity index is 217. The molecule has 1 unspecified atom stereocenters. The smallest absolute Gasteiger partial charge is 0.0332 e. The molecule has 0 aromatic rings. The Labute approximate surface area is 101 Å². The van der Waals surface area contributed by atoms with Crippen molar-refractivity contribution in [1.29, 1.82) is 0 Å². The molecule has 2 rings (SSSR count). The van der Waals surface area contributed by atoms with E-state index < -0.39 is 0 Å². The molecule has 1 atom stereocenters. The van der Waals surface area contributed by atoms with Crippen LogP contribution < -0.4 is 5.32 Å². The summed E-state index contributed by atoms with van der Waals surface area (Å²) in [5, 5.41) is 3.69. The molecule has 2 aliphatic rings. The third-order valence-electron chi connectivity index (χ3n) is 4.94. The number of rotatable bonds is 3. The molecule has 0 amide bonds. The largest absolute Gasteiger partial charge is 0.311 e. The van der Waals surface area contributed by atoms with Crippen LogP contribution in [-0.4, -0.2) is 35.6 Å². The van der Waals surface area contributed by atoms with Crippen molar-refractivity contribution in [2.24, 2.45) is 0 Å². The van der Waals surface area contributed by atoms with E-state index >= 15 is 0 Å². The van der Waals surface area contributed by atoms with Crippen LogP contribution in [0.4, 0.5) is 0 Å². The molecule has 0 bridgehead atoms. The molecule has 16 heavy (non-hydrogen) atoms. The van der Waals surface area contributed by atoms with Crippen LogP contribution in [0, 0.1) is 0 Å². The molecule has 1 aliphatic heterocycles. The van der Waals surface area contributed by atoms with Gasteiger partial charge in [-0.05, 0) is 32.6 Å². The standard InChI is InChI=1S/C14H28N2/c1-4-14(5-2)11-15-12(3)10-16(14)13-8-6-7-9-13/h12-13,15H,4-11H2,1-3H3. The van der Waals surface area contributed by atoms with E-state index in [0.29, 0.717) is 11.6 Å². The van der Waals surface area contributed by atoms with E-state index in [1.165, 1.54) is 51.6 Å². The van der Waals surface area contributed by atoms with Gasteiger partial charge in [0.25, 0.3) is 0 Å². The lowest BCUT2D eigenvalue weighted by Crippen LogP contribution is -2.65. The minimum absolute atomic E-state index is 0.446. The molecule has 2 heteroatoms. The maximum Gasteiger partial charge on any atom is 0.0332 e. The van der Waals surface area contributed by atoms with Crippen molar-refractivity contribution in [3.05, 3.63) is 0 Å². The molecule has 1 saturated heterocycles. The Hall–Kier alpha value is -0.0800. The SMILES string of the molecule is CCC1(CC)CNC(C)CN1C1CCCC1. The number of hydrogen-bond acceptors (Lipinski definition) is 2. The fraction of sp³-hybridized carbons (Fsp3) is 1.00. The molecule has 0 aromatic carbocycles. The molecule has 2 fully saturated rings. The Morgan fingerprint density at radius 3 is 2.38 bits per heavy atom. The van der Waals surface area contributed by atoms with Gasteiger partial charge < -0.3 is 5.32 Å². The summed E-state index contributed by atoms with van der Waals surface area (Å²) in [6.07, 6.45) is 8.36. The van der Waals surface area contributed by atoms with Crippen molar-refractivity contribution in [3.63, 3.8) is 0 Å². The summed E-state index contributed by atoms with van der Waals surface area (Å²) >= 11 is 0. The van der Waals surface area contributed by atoms with E-state index in [9.17, 15) is 0 Å². The molecule has 1 N–H and O–H groups in total. The van der Waals surface area contributed by atoms with Gasteiger partial charge in [-0.25, -0.2) is 0 Å². The fourth-order valence-electron chi connectivity index (χ4n) is 3.68. The number of piperazine rings is 1. The van der Waals surface area contributed by atoms with E-state index in [1.807, 2.05) is 0 Å². The molecule has 0 radical (unpaired) electrons.